The normalized spacial score (nSPS) is 14.6. The van der Waals surface area contributed by atoms with E-state index in [0.29, 0.717) is 24.4 Å². The lowest BCUT2D eigenvalue weighted by Gasteiger charge is -2.35. The fourth-order valence-electron chi connectivity index (χ4n) is 2.82. The van der Waals surface area contributed by atoms with Crippen LogP contribution in [-0.2, 0) is 0 Å². The number of rotatable bonds is 4. The molecule has 24 heavy (non-hydrogen) atoms. The van der Waals surface area contributed by atoms with Gasteiger partial charge in [-0.05, 0) is 36.6 Å². The summed E-state index contributed by atoms with van der Waals surface area (Å²) in [5.74, 6) is 1.63. The van der Waals surface area contributed by atoms with Crippen molar-refractivity contribution in [2.24, 2.45) is 0 Å². The van der Waals surface area contributed by atoms with Crippen LogP contribution in [0, 0.1) is 0 Å². The smallest absolute Gasteiger partial charge is 0.257 e. The summed E-state index contributed by atoms with van der Waals surface area (Å²) in [5, 5.41) is 0. The van der Waals surface area contributed by atoms with Crippen molar-refractivity contribution >= 4 is 23.5 Å². The lowest BCUT2D eigenvalue weighted by atomic mass is 10.1. The number of carbonyl (C=O) groups is 1. The van der Waals surface area contributed by atoms with Gasteiger partial charge in [0.1, 0.15) is 11.6 Å². The lowest BCUT2D eigenvalue weighted by Crippen LogP contribution is -2.49. The van der Waals surface area contributed by atoms with Crippen molar-refractivity contribution in [3.63, 3.8) is 0 Å². The molecule has 0 bridgehead atoms. The van der Waals surface area contributed by atoms with Crippen LogP contribution in [0.1, 0.15) is 10.4 Å². The first-order chi connectivity index (χ1) is 11.7. The lowest BCUT2D eigenvalue weighted by molar-refractivity contribution is 0.0743. The third kappa shape index (κ3) is 3.48. The van der Waals surface area contributed by atoms with Gasteiger partial charge in [-0.2, -0.15) is 0 Å². The van der Waals surface area contributed by atoms with Crippen LogP contribution in [0.4, 0.5) is 5.82 Å². The predicted molar refractivity (Wildman–Crippen MR) is 97.1 cm³/mol. The van der Waals surface area contributed by atoms with Crippen molar-refractivity contribution in [1.82, 2.24) is 9.88 Å². The Labute approximate surface area is 146 Å². The molecule has 0 N–H and O–H groups in total. The summed E-state index contributed by atoms with van der Waals surface area (Å²) < 4.78 is 5.41. The zero-order valence-electron chi connectivity index (χ0n) is 13.9. The van der Waals surface area contributed by atoms with Crippen LogP contribution < -0.4 is 9.64 Å². The molecule has 6 heteroatoms. The number of piperazine rings is 1. The van der Waals surface area contributed by atoms with Crippen LogP contribution in [0.2, 0.25) is 0 Å². The van der Waals surface area contributed by atoms with E-state index in [1.165, 1.54) is 0 Å². The quantitative estimate of drug-likeness (QED) is 0.799. The highest BCUT2D eigenvalue weighted by Gasteiger charge is 2.24. The number of thioether (sulfide) groups is 1. The van der Waals surface area contributed by atoms with Gasteiger partial charge in [-0.3, -0.25) is 4.79 Å². The van der Waals surface area contributed by atoms with Crippen molar-refractivity contribution in [1.29, 1.82) is 0 Å². The maximum absolute atomic E-state index is 12.8. The minimum atomic E-state index is 0.0279. The molecule has 2 aromatic rings. The van der Waals surface area contributed by atoms with Crippen LogP contribution in [-0.4, -0.2) is 55.3 Å². The molecule has 0 spiro atoms. The van der Waals surface area contributed by atoms with Crippen molar-refractivity contribution < 1.29 is 9.53 Å². The Morgan fingerprint density at radius 2 is 1.96 bits per heavy atom. The molecular formula is C18H21N3O2S. The topological polar surface area (TPSA) is 45.7 Å². The van der Waals surface area contributed by atoms with E-state index in [9.17, 15) is 4.79 Å². The number of methoxy groups -OCH3 is 1. The molecule has 0 unspecified atom stereocenters. The number of anilines is 1. The fourth-order valence-corrected chi connectivity index (χ4v) is 3.25. The van der Waals surface area contributed by atoms with Crippen molar-refractivity contribution in [3.05, 3.63) is 48.2 Å². The highest BCUT2D eigenvalue weighted by molar-refractivity contribution is 7.98. The van der Waals surface area contributed by atoms with Crippen LogP contribution in [0.15, 0.2) is 47.5 Å². The number of amides is 1. The van der Waals surface area contributed by atoms with Gasteiger partial charge in [0.15, 0.2) is 0 Å². The average molecular weight is 343 g/mol. The molecule has 1 aromatic heterocycles. The van der Waals surface area contributed by atoms with Crippen molar-refractivity contribution in [2.45, 2.75) is 4.90 Å². The van der Waals surface area contributed by atoms with Gasteiger partial charge in [0.05, 0.1) is 12.7 Å². The summed E-state index contributed by atoms with van der Waals surface area (Å²) >= 11 is 1.63. The molecule has 5 nitrogen and oxygen atoms in total. The molecule has 3 rings (SSSR count). The van der Waals surface area contributed by atoms with Gasteiger partial charge in [-0.25, -0.2) is 4.98 Å². The van der Waals surface area contributed by atoms with Crippen molar-refractivity contribution in [2.75, 3.05) is 44.4 Å². The highest BCUT2D eigenvalue weighted by Crippen LogP contribution is 2.27. The van der Waals surface area contributed by atoms with Gasteiger partial charge in [-0.1, -0.05) is 6.07 Å². The minimum Gasteiger partial charge on any atom is -0.496 e. The second kappa shape index (κ2) is 7.57. The average Bonchev–Trinajstić information content (AvgIpc) is 2.67. The number of ether oxygens (including phenoxy) is 1. The van der Waals surface area contributed by atoms with E-state index in [2.05, 4.69) is 9.88 Å². The van der Waals surface area contributed by atoms with Crippen LogP contribution >= 0.6 is 11.8 Å². The Balaban J connectivity index is 1.69. The Kier molecular flexibility index (Phi) is 5.25. The first-order valence-electron chi connectivity index (χ1n) is 7.90. The third-order valence-electron chi connectivity index (χ3n) is 4.18. The summed E-state index contributed by atoms with van der Waals surface area (Å²) in [7, 11) is 1.61. The molecule has 1 aliphatic rings. The van der Waals surface area contributed by atoms with Crippen LogP contribution in [0.25, 0.3) is 0 Å². The number of pyridine rings is 1. The maximum atomic E-state index is 12.8. The van der Waals surface area contributed by atoms with Gasteiger partial charge in [0.2, 0.25) is 0 Å². The number of nitrogens with zero attached hydrogens (tertiary/aromatic N) is 3. The molecule has 0 aliphatic carbocycles. The molecular weight excluding hydrogens is 322 g/mol. The number of hydrogen-bond acceptors (Lipinski definition) is 5. The molecule has 2 heterocycles. The minimum absolute atomic E-state index is 0.0279. The highest BCUT2D eigenvalue weighted by atomic mass is 32.2. The van der Waals surface area contributed by atoms with E-state index in [1.54, 1.807) is 25.1 Å². The van der Waals surface area contributed by atoms with Gasteiger partial charge in [-0.15, -0.1) is 11.8 Å². The number of hydrogen-bond donors (Lipinski definition) is 0. The van der Waals surface area contributed by atoms with E-state index >= 15 is 0 Å². The second-order valence-corrected chi connectivity index (χ2v) is 6.41. The summed E-state index contributed by atoms with van der Waals surface area (Å²) in [6.07, 6.45) is 3.80. The van der Waals surface area contributed by atoms with Gasteiger partial charge >= 0.3 is 0 Å². The van der Waals surface area contributed by atoms with Gasteiger partial charge < -0.3 is 14.5 Å². The van der Waals surface area contributed by atoms with E-state index in [-0.39, 0.29) is 5.91 Å². The second-order valence-electron chi connectivity index (χ2n) is 5.53. The molecule has 0 saturated carbocycles. The van der Waals surface area contributed by atoms with E-state index in [1.807, 2.05) is 47.6 Å². The van der Waals surface area contributed by atoms with Crippen LogP contribution in [0.3, 0.4) is 0 Å². The molecule has 1 saturated heterocycles. The summed E-state index contributed by atoms with van der Waals surface area (Å²) in [4.78, 5) is 22.4. The Hall–Kier alpha value is -2.21. The summed E-state index contributed by atoms with van der Waals surface area (Å²) in [6, 6.07) is 11.6. The maximum Gasteiger partial charge on any atom is 0.257 e. The zero-order chi connectivity index (χ0) is 16.9. The van der Waals surface area contributed by atoms with Crippen LogP contribution in [0.5, 0.6) is 5.75 Å². The Morgan fingerprint density at radius 1 is 1.17 bits per heavy atom. The summed E-state index contributed by atoms with van der Waals surface area (Å²) in [6.45, 7) is 2.94. The number of carbonyl (C=O) groups excluding carboxylic acids is 1. The predicted octanol–water partition coefficient (Wildman–Crippen LogP) is 2.77. The standard InChI is InChI=1S/C18H21N3O2S/c1-23-16-13-14(24-2)6-7-15(16)18(22)21-11-9-20(10-12-21)17-5-3-4-8-19-17/h3-8,13H,9-12H2,1-2H3. The zero-order valence-corrected chi connectivity index (χ0v) is 14.8. The third-order valence-corrected chi connectivity index (χ3v) is 4.90. The molecule has 1 amide bonds. The summed E-state index contributed by atoms with van der Waals surface area (Å²) in [5.41, 5.74) is 0.626. The largest absolute Gasteiger partial charge is 0.496 e. The van der Waals surface area contributed by atoms with Gasteiger partial charge in [0, 0.05) is 37.3 Å². The van der Waals surface area contributed by atoms with E-state index in [0.717, 1.165) is 23.8 Å². The van der Waals surface area contributed by atoms with Gasteiger partial charge in [0.25, 0.3) is 5.91 Å². The first-order valence-corrected chi connectivity index (χ1v) is 9.12. The molecule has 0 radical (unpaired) electrons. The Morgan fingerprint density at radius 3 is 2.58 bits per heavy atom. The first kappa shape index (κ1) is 16.6. The van der Waals surface area contributed by atoms with E-state index < -0.39 is 0 Å². The van der Waals surface area contributed by atoms with Crippen molar-refractivity contribution in [3.8, 4) is 5.75 Å². The molecule has 1 aliphatic heterocycles. The molecule has 1 aromatic carbocycles. The van der Waals surface area contributed by atoms with E-state index in [4.69, 9.17) is 4.74 Å². The Bertz CT molecular complexity index is 701. The molecule has 1 fully saturated rings. The monoisotopic (exact) mass is 343 g/mol. The SMILES string of the molecule is COc1cc(SC)ccc1C(=O)N1CCN(c2ccccn2)CC1. The number of aromatic nitrogens is 1. The molecule has 126 valence electrons. The number of benzene rings is 1. The molecule has 0 atom stereocenters. The fraction of sp³-hybridized carbons (Fsp3) is 0.333.